The van der Waals surface area contributed by atoms with Gasteiger partial charge in [-0.3, -0.25) is 9.59 Å². The molecular formula is C25H34ClFN2O2. The van der Waals surface area contributed by atoms with Gasteiger partial charge in [-0.15, -0.1) is 0 Å². The standard InChI is InChI=1S/C25H34ClFN2O2/c26-22-15-20(27)7-8-21(22)24(30)19-10-13-29(14-11-19)12-9-16-1-3-17(4-2-16)23(25(28)31)18-5-6-18/h7-8,15-19,23H,1-6,9-14H2,(H2,28,31). The molecule has 0 bridgehead atoms. The van der Waals surface area contributed by atoms with Gasteiger partial charge in [0.1, 0.15) is 5.82 Å². The molecule has 31 heavy (non-hydrogen) atoms. The predicted molar refractivity (Wildman–Crippen MR) is 120 cm³/mol. The van der Waals surface area contributed by atoms with Crippen LogP contribution in [0.4, 0.5) is 4.39 Å². The summed E-state index contributed by atoms with van der Waals surface area (Å²) in [5.74, 6) is 1.45. The first-order chi connectivity index (χ1) is 14.9. The highest BCUT2D eigenvalue weighted by atomic mass is 35.5. The van der Waals surface area contributed by atoms with Crippen LogP contribution in [0.25, 0.3) is 0 Å². The molecular weight excluding hydrogens is 415 g/mol. The van der Waals surface area contributed by atoms with E-state index in [1.54, 1.807) is 0 Å². The van der Waals surface area contributed by atoms with Gasteiger partial charge in [-0.1, -0.05) is 24.4 Å². The van der Waals surface area contributed by atoms with Crippen LogP contribution in [0.3, 0.4) is 0 Å². The monoisotopic (exact) mass is 448 g/mol. The average Bonchev–Trinajstić information content (AvgIpc) is 3.58. The molecule has 1 aromatic rings. The van der Waals surface area contributed by atoms with Crippen LogP contribution in [-0.2, 0) is 4.79 Å². The Kier molecular flexibility index (Phi) is 7.33. The quantitative estimate of drug-likeness (QED) is 0.564. The third kappa shape index (κ3) is 5.67. The lowest BCUT2D eigenvalue weighted by Gasteiger charge is -2.35. The summed E-state index contributed by atoms with van der Waals surface area (Å²) in [6, 6.07) is 4.03. The maximum absolute atomic E-state index is 13.3. The van der Waals surface area contributed by atoms with Crippen LogP contribution in [0.15, 0.2) is 18.2 Å². The van der Waals surface area contributed by atoms with E-state index in [4.69, 9.17) is 17.3 Å². The Labute approximate surface area is 189 Å². The molecule has 170 valence electrons. The molecule has 2 N–H and O–H groups in total. The molecule has 1 atom stereocenters. The summed E-state index contributed by atoms with van der Waals surface area (Å²) in [7, 11) is 0. The summed E-state index contributed by atoms with van der Waals surface area (Å²) in [5, 5.41) is 0.211. The van der Waals surface area contributed by atoms with E-state index in [0.717, 1.165) is 51.2 Å². The van der Waals surface area contributed by atoms with Crippen LogP contribution in [-0.4, -0.2) is 36.2 Å². The molecule has 3 fully saturated rings. The number of piperidine rings is 1. The van der Waals surface area contributed by atoms with E-state index in [9.17, 15) is 14.0 Å². The number of Topliss-reactive ketones (excluding diaryl/α,β-unsaturated/α-hetero) is 1. The predicted octanol–water partition coefficient (Wildman–Crippen LogP) is 5.08. The number of nitrogens with two attached hydrogens (primary N) is 1. The fraction of sp³-hybridized carbons (Fsp3) is 0.680. The minimum Gasteiger partial charge on any atom is -0.369 e. The third-order valence-electron chi connectivity index (χ3n) is 7.87. The number of nitrogens with zero attached hydrogens (tertiary/aromatic N) is 1. The van der Waals surface area contributed by atoms with Crippen LogP contribution < -0.4 is 5.73 Å². The van der Waals surface area contributed by atoms with Gasteiger partial charge >= 0.3 is 0 Å². The number of hydrogen-bond donors (Lipinski definition) is 1. The number of hydrogen-bond acceptors (Lipinski definition) is 3. The van der Waals surface area contributed by atoms with Crippen LogP contribution in [0.2, 0.25) is 5.02 Å². The van der Waals surface area contributed by atoms with Crippen molar-refractivity contribution in [3.05, 3.63) is 34.6 Å². The fourth-order valence-corrected chi connectivity index (χ4v) is 6.09. The Hall–Kier alpha value is -1.46. The normalized spacial score (nSPS) is 26.5. The molecule has 4 rings (SSSR count). The van der Waals surface area contributed by atoms with Gasteiger partial charge in [0.2, 0.25) is 5.91 Å². The van der Waals surface area contributed by atoms with E-state index >= 15 is 0 Å². The molecule has 4 nitrogen and oxygen atoms in total. The largest absolute Gasteiger partial charge is 0.369 e. The molecule has 1 aromatic carbocycles. The van der Waals surface area contributed by atoms with Gasteiger partial charge in [0.25, 0.3) is 0 Å². The highest BCUT2D eigenvalue weighted by Gasteiger charge is 2.41. The lowest BCUT2D eigenvalue weighted by Crippen LogP contribution is -2.38. The molecule has 2 aliphatic carbocycles. The molecule has 0 aromatic heterocycles. The van der Waals surface area contributed by atoms with Crippen molar-refractivity contribution < 1.29 is 14.0 Å². The zero-order valence-electron chi connectivity index (χ0n) is 18.2. The van der Waals surface area contributed by atoms with Gasteiger partial charge in [0, 0.05) is 17.4 Å². The molecule has 1 amide bonds. The summed E-state index contributed by atoms with van der Waals surface area (Å²) in [6.45, 7) is 2.93. The molecule has 2 saturated carbocycles. The number of carbonyl (C=O) groups excluding carboxylic acids is 2. The van der Waals surface area contributed by atoms with E-state index < -0.39 is 5.82 Å². The van der Waals surface area contributed by atoms with Crippen molar-refractivity contribution in [2.75, 3.05) is 19.6 Å². The van der Waals surface area contributed by atoms with E-state index in [1.807, 2.05) is 0 Å². The first kappa shape index (κ1) is 22.7. The number of halogens is 2. The number of ketones is 1. The Balaban J connectivity index is 1.18. The first-order valence-electron chi connectivity index (χ1n) is 11.9. The summed E-state index contributed by atoms with van der Waals surface area (Å²) in [5.41, 5.74) is 6.13. The Morgan fingerprint density at radius 1 is 1.03 bits per heavy atom. The van der Waals surface area contributed by atoms with Crippen LogP contribution >= 0.6 is 11.6 Å². The van der Waals surface area contributed by atoms with Crippen LogP contribution in [0, 0.1) is 35.4 Å². The van der Waals surface area contributed by atoms with Gasteiger partial charge in [-0.25, -0.2) is 4.39 Å². The molecule has 1 saturated heterocycles. The van der Waals surface area contributed by atoms with Crippen molar-refractivity contribution in [2.45, 2.75) is 57.8 Å². The summed E-state index contributed by atoms with van der Waals surface area (Å²) >= 11 is 6.08. The highest BCUT2D eigenvalue weighted by Crippen LogP contribution is 2.46. The third-order valence-corrected chi connectivity index (χ3v) is 8.18. The maximum Gasteiger partial charge on any atom is 0.221 e. The second kappa shape index (κ2) is 9.99. The van der Waals surface area contributed by atoms with Crippen molar-refractivity contribution in [1.82, 2.24) is 4.90 Å². The smallest absolute Gasteiger partial charge is 0.221 e. The topological polar surface area (TPSA) is 63.4 Å². The van der Waals surface area contributed by atoms with E-state index in [-0.39, 0.29) is 28.5 Å². The maximum atomic E-state index is 13.3. The minimum atomic E-state index is -0.414. The number of amides is 1. The second-order valence-electron chi connectivity index (χ2n) is 9.94. The highest BCUT2D eigenvalue weighted by molar-refractivity contribution is 6.34. The fourth-order valence-electron chi connectivity index (χ4n) is 5.83. The van der Waals surface area contributed by atoms with Crippen molar-refractivity contribution in [3.63, 3.8) is 0 Å². The van der Waals surface area contributed by atoms with Gasteiger partial charge in [0.15, 0.2) is 5.78 Å². The molecule has 3 aliphatic rings. The number of rotatable bonds is 8. The number of carbonyl (C=O) groups is 2. The number of primary amides is 1. The molecule has 6 heteroatoms. The minimum absolute atomic E-state index is 0.0252. The van der Waals surface area contributed by atoms with Gasteiger partial charge in [0.05, 0.1) is 5.02 Å². The lowest BCUT2D eigenvalue weighted by molar-refractivity contribution is -0.124. The Morgan fingerprint density at radius 2 is 1.65 bits per heavy atom. The van der Waals surface area contributed by atoms with Gasteiger partial charge in [-0.05, 0) is 101 Å². The second-order valence-corrected chi connectivity index (χ2v) is 10.3. The molecule has 1 aliphatic heterocycles. The van der Waals surface area contributed by atoms with Crippen LogP contribution in [0.5, 0.6) is 0 Å². The number of benzene rings is 1. The van der Waals surface area contributed by atoms with E-state index in [1.165, 1.54) is 50.3 Å². The molecule has 1 heterocycles. The van der Waals surface area contributed by atoms with Gasteiger partial charge in [-0.2, -0.15) is 0 Å². The molecule has 1 unspecified atom stereocenters. The van der Waals surface area contributed by atoms with Crippen molar-refractivity contribution in [3.8, 4) is 0 Å². The summed E-state index contributed by atoms with van der Waals surface area (Å²) < 4.78 is 13.3. The first-order valence-corrected chi connectivity index (χ1v) is 12.3. The zero-order chi connectivity index (χ0) is 22.0. The van der Waals surface area contributed by atoms with Crippen molar-refractivity contribution >= 4 is 23.3 Å². The van der Waals surface area contributed by atoms with E-state index in [0.29, 0.717) is 17.4 Å². The van der Waals surface area contributed by atoms with E-state index in [2.05, 4.69) is 4.90 Å². The summed E-state index contributed by atoms with van der Waals surface area (Å²) in [6.07, 6.45) is 9.92. The Morgan fingerprint density at radius 3 is 2.19 bits per heavy atom. The van der Waals surface area contributed by atoms with Gasteiger partial charge < -0.3 is 10.6 Å². The number of likely N-dealkylation sites (tertiary alicyclic amines) is 1. The lowest BCUT2D eigenvalue weighted by atomic mass is 9.73. The Bertz CT molecular complexity index is 797. The van der Waals surface area contributed by atoms with Crippen LogP contribution in [0.1, 0.15) is 68.1 Å². The zero-order valence-corrected chi connectivity index (χ0v) is 19.0. The van der Waals surface area contributed by atoms with Crippen molar-refractivity contribution in [2.24, 2.45) is 35.3 Å². The molecule has 0 spiro atoms. The average molecular weight is 449 g/mol. The summed E-state index contributed by atoms with van der Waals surface area (Å²) in [4.78, 5) is 27.1. The van der Waals surface area contributed by atoms with Crippen molar-refractivity contribution in [1.29, 1.82) is 0 Å². The molecule has 0 radical (unpaired) electrons. The SMILES string of the molecule is NC(=O)C(C1CCC(CCN2CCC(C(=O)c3ccc(F)cc3Cl)CC2)CC1)C1CC1.